The SMILES string of the molecule is COc1ccc(Cl)c2sc(N(CC3CCCO3)C(=O)c3sc4ccccc4c3Cl)nc12. The molecule has 1 aliphatic heterocycles. The predicted molar refractivity (Wildman–Crippen MR) is 129 cm³/mol. The van der Waals surface area contributed by atoms with Gasteiger partial charge in [-0.2, -0.15) is 0 Å². The molecule has 2 aromatic carbocycles. The van der Waals surface area contributed by atoms with Gasteiger partial charge in [-0.1, -0.05) is 52.7 Å². The minimum Gasteiger partial charge on any atom is -0.494 e. The van der Waals surface area contributed by atoms with Gasteiger partial charge in [0.2, 0.25) is 0 Å². The molecule has 0 bridgehead atoms. The van der Waals surface area contributed by atoms with Gasteiger partial charge >= 0.3 is 0 Å². The van der Waals surface area contributed by atoms with Crippen molar-refractivity contribution in [1.82, 2.24) is 4.98 Å². The first-order chi connectivity index (χ1) is 15.1. The number of thiophene rings is 1. The number of hydrogen-bond acceptors (Lipinski definition) is 6. The first-order valence-electron chi connectivity index (χ1n) is 9.80. The second kappa shape index (κ2) is 8.56. The molecule has 5 rings (SSSR count). The van der Waals surface area contributed by atoms with Crippen LogP contribution in [0.5, 0.6) is 5.75 Å². The third-order valence-corrected chi connectivity index (χ3v) is 8.48. The Morgan fingerprint density at radius 2 is 2.10 bits per heavy atom. The number of methoxy groups -OCH3 is 1. The molecule has 0 saturated carbocycles. The molecular formula is C22H18Cl2N2O3S2. The highest BCUT2D eigenvalue weighted by Gasteiger charge is 2.30. The van der Waals surface area contributed by atoms with Gasteiger partial charge in [0, 0.05) is 16.7 Å². The third-order valence-electron chi connectivity index (χ3n) is 5.28. The van der Waals surface area contributed by atoms with Crippen molar-refractivity contribution in [3.05, 3.63) is 51.3 Å². The maximum Gasteiger partial charge on any atom is 0.271 e. The van der Waals surface area contributed by atoms with Crippen molar-refractivity contribution in [3.63, 3.8) is 0 Å². The molecule has 0 N–H and O–H groups in total. The summed E-state index contributed by atoms with van der Waals surface area (Å²) < 4.78 is 13.0. The lowest BCUT2D eigenvalue weighted by atomic mass is 10.2. The molecule has 31 heavy (non-hydrogen) atoms. The molecular weight excluding hydrogens is 475 g/mol. The molecule has 3 heterocycles. The molecule has 5 nitrogen and oxygen atoms in total. The smallest absolute Gasteiger partial charge is 0.271 e. The number of anilines is 1. The van der Waals surface area contributed by atoms with E-state index >= 15 is 0 Å². The summed E-state index contributed by atoms with van der Waals surface area (Å²) in [5.74, 6) is 0.433. The van der Waals surface area contributed by atoms with Crippen molar-refractivity contribution in [2.24, 2.45) is 0 Å². The summed E-state index contributed by atoms with van der Waals surface area (Å²) in [4.78, 5) is 20.6. The molecule has 1 unspecified atom stereocenters. The number of amides is 1. The number of ether oxygens (including phenoxy) is 2. The molecule has 2 aromatic heterocycles. The van der Waals surface area contributed by atoms with Gasteiger partial charge in [0.15, 0.2) is 5.13 Å². The van der Waals surface area contributed by atoms with E-state index in [1.54, 1.807) is 24.1 Å². The van der Waals surface area contributed by atoms with Gasteiger partial charge in [-0.05, 0) is 31.0 Å². The van der Waals surface area contributed by atoms with E-state index in [1.165, 1.54) is 22.7 Å². The topological polar surface area (TPSA) is 51.7 Å². The van der Waals surface area contributed by atoms with Crippen LogP contribution in [0.1, 0.15) is 22.5 Å². The normalized spacial score (nSPS) is 16.3. The van der Waals surface area contributed by atoms with Crippen LogP contribution in [0.4, 0.5) is 5.13 Å². The third kappa shape index (κ3) is 3.79. The van der Waals surface area contributed by atoms with Crippen LogP contribution in [-0.4, -0.2) is 37.3 Å². The Bertz CT molecular complexity index is 1280. The number of fused-ring (bicyclic) bond motifs is 2. The highest BCUT2D eigenvalue weighted by molar-refractivity contribution is 7.23. The lowest BCUT2D eigenvalue weighted by molar-refractivity contribution is 0.0921. The fourth-order valence-electron chi connectivity index (χ4n) is 3.74. The van der Waals surface area contributed by atoms with Gasteiger partial charge in [-0.3, -0.25) is 9.69 Å². The molecule has 1 amide bonds. The number of carbonyl (C=O) groups is 1. The van der Waals surface area contributed by atoms with Gasteiger partial charge in [0.05, 0.1) is 34.5 Å². The molecule has 0 aliphatic carbocycles. The lowest BCUT2D eigenvalue weighted by Gasteiger charge is -2.22. The molecule has 0 spiro atoms. The number of hydrogen-bond donors (Lipinski definition) is 0. The number of aromatic nitrogens is 1. The van der Waals surface area contributed by atoms with E-state index in [1.807, 2.05) is 24.3 Å². The van der Waals surface area contributed by atoms with Gasteiger partial charge < -0.3 is 9.47 Å². The van der Waals surface area contributed by atoms with Crippen LogP contribution in [0.25, 0.3) is 20.3 Å². The molecule has 1 atom stereocenters. The monoisotopic (exact) mass is 492 g/mol. The Morgan fingerprint density at radius 3 is 2.84 bits per heavy atom. The first-order valence-corrected chi connectivity index (χ1v) is 12.2. The summed E-state index contributed by atoms with van der Waals surface area (Å²) >= 11 is 15.8. The summed E-state index contributed by atoms with van der Waals surface area (Å²) in [7, 11) is 1.59. The Balaban J connectivity index is 1.61. The number of thiazole rings is 1. The summed E-state index contributed by atoms with van der Waals surface area (Å²) in [6.07, 6.45) is 1.84. The maximum absolute atomic E-state index is 13.7. The zero-order valence-electron chi connectivity index (χ0n) is 16.6. The highest BCUT2D eigenvalue weighted by Crippen LogP contribution is 2.41. The van der Waals surface area contributed by atoms with E-state index in [0.717, 1.165) is 27.6 Å². The lowest BCUT2D eigenvalue weighted by Crippen LogP contribution is -2.37. The van der Waals surface area contributed by atoms with Gasteiger partial charge in [-0.25, -0.2) is 4.98 Å². The highest BCUT2D eigenvalue weighted by atomic mass is 35.5. The van der Waals surface area contributed by atoms with Crippen molar-refractivity contribution in [2.45, 2.75) is 18.9 Å². The molecule has 1 fully saturated rings. The van der Waals surface area contributed by atoms with Crippen LogP contribution < -0.4 is 9.64 Å². The summed E-state index contributed by atoms with van der Waals surface area (Å²) in [6, 6.07) is 11.3. The van der Waals surface area contributed by atoms with E-state index in [9.17, 15) is 4.79 Å². The van der Waals surface area contributed by atoms with Crippen LogP contribution in [0, 0.1) is 0 Å². The fraction of sp³-hybridized carbons (Fsp3) is 0.273. The van der Waals surface area contributed by atoms with Crippen molar-refractivity contribution in [2.75, 3.05) is 25.2 Å². The molecule has 160 valence electrons. The molecule has 4 aromatic rings. The Morgan fingerprint density at radius 1 is 1.26 bits per heavy atom. The summed E-state index contributed by atoms with van der Waals surface area (Å²) in [5, 5.41) is 2.47. The quantitative estimate of drug-likeness (QED) is 0.312. The van der Waals surface area contributed by atoms with E-state index in [4.69, 9.17) is 37.7 Å². The zero-order valence-corrected chi connectivity index (χ0v) is 19.7. The van der Waals surface area contributed by atoms with E-state index < -0.39 is 0 Å². The minimum absolute atomic E-state index is 0.0403. The van der Waals surface area contributed by atoms with Crippen molar-refractivity contribution in [3.8, 4) is 5.75 Å². The van der Waals surface area contributed by atoms with Crippen LogP contribution in [0.15, 0.2) is 36.4 Å². The Labute approximate surface area is 197 Å². The van der Waals surface area contributed by atoms with Crippen molar-refractivity contribution >= 4 is 77.2 Å². The Hall–Kier alpha value is -1.90. The fourth-order valence-corrected chi connectivity index (χ4v) is 6.46. The average molecular weight is 493 g/mol. The van der Waals surface area contributed by atoms with Gasteiger partial charge in [0.25, 0.3) is 5.91 Å². The van der Waals surface area contributed by atoms with Crippen LogP contribution in [0.2, 0.25) is 10.0 Å². The van der Waals surface area contributed by atoms with Gasteiger partial charge in [0.1, 0.15) is 16.1 Å². The van der Waals surface area contributed by atoms with Crippen molar-refractivity contribution in [1.29, 1.82) is 0 Å². The second-order valence-electron chi connectivity index (χ2n) is 7.22. The standard InChI is InChI=1S/C22H18Cl2N2O3S2/c1-28-15-9-8-14(23)19-18(15)25-22(31-19)26(11-12-5-4-10-29-12)21(27)20-17(24)13-6-2-3-7-16(13)30-20/h2-3,6-9,12H,4-5,10-11H2,1H3. The zero-order chi connectivity index (χ0) is 21.5. The van der Waals surface area contributed by atoms with E-state index in [0.29, 0.717) is 44.5 Å². The van der Waals surface area contributed by atoms with E-state index in [-0.39, 0.29) is 12.0 Å². The first kappa shape index (κ1) is 21.0. The van der Waals surface area contributed by atoms with Crippen molar-refractivity contribution < 1.29 is 14.3 Å². The van der Waals surface area contributed by atoms with Crippen LogP contribution >= 0.6 is 45.9 Å². The van der Waals surface area contributed by atoms with Crippen LogP contribution in [-0.2, 0) is 4.74 Å². The number of nitrogens with zero attached hydrogens (tertiary/aromatic N) is 2. The van der Waals surface area contributed by atoms with Crippen LogP contribution in [0.3, 0.4) is 0 Å². The number of halogens is 2. The van der Waals surface area contributed by atoms with E-state index in [2.05, 4.69) is 0 Å². The Kier molecular flexibility index (Phi) is 5.79. The summed E-state index contributed by atoms with van der Waals surface area (Å²) in [6.45, 7) is 1.11. The molecule has 1 saturated heterocycles. The maximum atomic E-state index is 13.7. The average Bonchev–Trinajstić information content (AvgIpc) is 3.52. The number of benzene rings is 2. The summed E-state index contributed by atoms with van der Waals surface area (Å²) in [5.41, 5.74) is 0.641. The minimum atomic E-state index is -0.184. The predicted octanol–water partition coefficient (Wildman–Crippen LogP) is 6.65. The number of rotatable bonds is 5. The second-order valence-corrected chi connectivity index (χ2v) is 10.0. The molecule has 1 aliphatic rings. The van der Waals surface area contributed by atoms with Gasteiger partial charge in [-0.15, -0.1) is 11.3 Å². The molecule has 0 radical (unpaired) electrons. The molecule has 9 heteroatoms. The number of carbonyl (C=O) groups excluding carboxylic acids is 1. The largest absolute Gasteiger partial charge is 0.494 e.